The topological polar surface area (TPSA) is 33.0 Å². The van der Waals surface area contributed by atoms with Crippen LogP contribution in [0.4, 0.5) is 0 Å². The molecule has 3 heteroatoms. The van der Waals surface area contributed by atoms with Gasteiger partial charge in [-0.3, -0.25) is 0 Å². The molecule has 0 radical (unpaired) electrons. The van der Waals surface area contributed by atoms with Crippen molar-refractivity contribution in [1.29, 1.82) is 0 Å². The first-order valence-electron chi connectivity index (χ1n) is 4.64. The Balaban J connectivity index is -0.000000249. The van der Waals surface area contributed by atoms with E-state index in [1.807, 2.05) is 13.8 Å². The van der Waals surface area contributed by atoms with Crippen LogP contribution in [0.3, 0.4) is 0 Å². The Bertz CT molecular complexity index is 47.8. The van der Waals surface area contributed by atoms with Gasteiger partial charge >= 0.3 is 58.2 Å². The minimum Gasteiger partial charge on any atom is -0.677 e. The van der Waals surface area contributed by atoms with E-state index < -0.39 is 0 Å². The van der Waals surface area contributed by atoms with E-state index >= 15 is 0 Å². The molecule has 0 aromatic carbocycles. The summed E-state index contributed by atoms with van der Waals surface area (Å²) in [7, 11) is 0. The third kappa shape index (κ3) is 22.6. The van der Waals surface area contributed by atoms with Gasteiger partial charge < -0.3 is 10.5 Å². The second-order valence-electron chi connectivity index (χ2n) is 2.07. The molecule has 0 aliphatic heterocycles. The number of nitrogens with one attached hydrogen (secondary N) is 1. The van der Waals surface area contributed by atoms with Crippen LogP contribution in [0.5, 0.6) is 0 Å². The molecule has 0 aliphatic rings. The fraction of sp³-hybridized carbons (Fsp3) is 1.00. The molecule has 0 saturated carbocycles. The van der Waals surface area contributed by atoms with Crippen LogP contribution in [0.25, 0.3) is 5.73 Å². The fourth-order valence-electron chi connectivity index (χ4n) is 0.523. The Morgan fingerprint density at radius 3 is 2.00 bits per heavy atom. The van der Waals surface area contributed by atoms with Gasteiger partial charge in [-0.2, -0.15) is 0 Å². The minimum atomic E-state index is 0. The van der Waals surface area contributed by atoms with Crippen LogP contribution in [0, 0.1) is 0 Å². The zero-order chi connectivity index (χ0) is 8.95. The zero-order valence-corrected chi connectivity index (χ0v) is 14.1. The van der Waals surface area contributed by atoms with E-state index in [9.17, 15) is 0 Å². The summed E-state index contributed by atoms with van der Waals surface area (Å²) in [6.07, 6.45) is 3.22. The molecule has 0 atom stereocenters. The van der Waals surface area contributed by atoms with Gasteiger partial charge in [0.05, 0.1) is 0 Å². The number of hydrogen-bond donors (Lipinski definition) is 0. The Hall–Kier alpha value is 1.73. The molecule has 0 bridgehead atoms. The monoisotopic (exact) mass is 245 g/mol. The van der Waals surface area contributed by atoms with Crippen LogP contribution in [-0.2, 0) is 4.74 Å². The first kappa shape index (κ1) is 19.3. The van der Waals surface area contributed by atoms with Crippen LogP contribution in [0.2, 0.25) is 0 Å². The van der Waals surface area contributed by atoms with Crippen LogP contribution in [-0.4, -0.2) is 19.8 Å². The summed E-state index contributed by atoms with van der Waals surface area (Å²) in [4.78, 5) is 0. The Morgan fingerprint density at radius 1 is 1.08 bits per heavy atom. The summed E-state index contributed by atoms with van der Waals surface area (Å²) in [5, 5.41) is 0. The molecule has 0 spiro atoms. The standard InChI is InChI=1S/C7H16NO.C2H6.Rb/c1-2-3-6-9-7-4-5-8;1-2;/h8H,2-7H2,1H3;1-2H3;/q-1;;+1. The Morgan fingerprint density at radius 2 is 1.58 bits per heavy atom. The molecule has 0 fully saturated rings. The quantitative estimate of drug-likeness (QED) is 0.619. The normalized spacial score (nSPS) is 8.00. The van der Waals surface area contributed by atoms with Crippen molar-refractivity contribution in [2.45, 2.75) is 40.0 Å². The van der Waals surface area contributed by atoms with Crippen molar-refractivity contribution in [3.8, 4) is 0 Å². The molecule has 0 amide bonds. The van der Waals surface area contributed by atoms with Gasteiger partial charge in [-0.05, 0) is 12.8 Å². The van der Waals surface area contributed by atoms with Gasteiger partial charge in [-0.1, -0.05) is 27.2 Å². The molecule has 0 aliphatic carbocycles. The zero-order valence-electron chi connectivity index (χ0n) is 9.15. The smallest absolute Gasteiger partial charge is 0.677 e. The van der Waals surface area contributed by atoms with E-state index in [1.165, 1.54) is 6.42 Å². The van der Waals surface area contributed by atoms with E-state index in [-0.39, 0.29) is 58.2 Å². The molecule has 1 N–H and O–H groups in total. The number of ether oxygens (including phenoxy) is 1. The predicted molar refractivity (Wildman–Crippen MR) is 50.9 cm³/mol. The molecule has 0 unspecified atom stereocenters. The summed E-state index contributed by atoms with van der Waals surface area (Å²) in [6.45, 7) is 8.28. The van der Waals surface area contributed by atoms with Crippen molar-refractivity contribution in [1.82, 2.24) is 0 Å². The van der Waals surface area contributed by atoms with Gasteiger partial charge in [0.25, 0.3) is 0 Å². The Labute approximate surface area is 126 Å². The molecule has 70 valence electrons. The minimum absolute atomic E-state index is 0. The third-order valence-corrected chi connectivity index (χ3v) is 1.11. The summed E-state index contributed by atoms with van der Waals surface area (Å²) in [6, 6.07) is 0. The molecular weight excluding hydrogens is 224 g/mol. The Kier molecular flexibility index (Phi) is 37.0. The summed E-state index contributed by atoms with van der Waals surface area (Å²) in [5.41, 5.74) is 6.80. The summed E-state index contributed by atoms with van der Waals surface area (Å²) in [5.74, 6) is 0. The second-order valence-corrected chi connectivity index (χ2v) is 2.07. The third-order valence-electron chi connectivity index (χ3n) is 1.11. The van der Waals surface area contributed by atoms with Gasteiger partial charge in [-0.25, -0.2) is 0 Å². The van der Waals surface area contributed by atoms with Crippen molar-refractivity contribution >= 4 is 0 Å². The number of unbranched alkanes of at least 4 members (excludes halogenated alkanes) is 1. The maximum Gasteiger partial charge on any atom is 1.00 e. The molecule has 0 aromatic rings. The van der Waals surface area contributed by atoms with Crippen LogP contribution < -0.4 is 58.2 Å². The first-order valence-corrected chi connectivity index (χ1v) is 4.64. The van der Waals surface area contributed by atoms with E-state index in [0.29, 0.717) is 6.54 Å². The SMILES string of the molecule is CC.CCCCOCCC[NH-].[Rb+]. The fourth-order valence-corrected chi connectivity index (χ4v) is 0.523. The van der Waals surface area contributed by atoms with Crippen LogP contribution >= 0.6 is 0 Å². The molecule has 0 aromatic heterocycles. The molecule has 0 heterocycles. The van der Waals surface area contributed by atoms with Crippen molar-refractivity contribution in [3.63, 3.8) is 0 Å². The molecule has 2 nitrogen and oxygen atoms in total. The summed E-state index contributed by atoms with van der Waals surface area (Å²) < 4.78 is 5.19. The maximum atomic E-state index is 6.80. The molecule has 0 rings (SSSR count). The average Bonchev–Trinajstić information content (AvgIpc) is 2.08. The average molecular weight is 246 g/mol. The van der Waals surface area contributed by atoms with Gasteiger partial charge in [-0.15, -0.1) is 6.54 Å². The summed E-state index contributed by atoms with van der Waals surface area (Å²) >= 11 is 0. The largest absolute Gasteiger partial charge is 1.00 e. The van der Waals surface area contributed by atoms with E-state index in [4.69, 9.17) is 10.5 Å². The van der Waals surface area contributed by atoms with E-state index in [1.54, 1.807) is 0 Å². The van der Waals surface area contributed by atoms with E-state index in [0.717, 1.165) is 26.1 Å². The second kappa shape index (κ2) is 23.0. The van der Waals surface area contributed by atoms with Crippen LogP contribution in [0.15, 0.2) is 0 Å². The maximum absolute atomic E-state index is 6.80. The van der Waals surface area contributed by atoms with Gasteiger partial charge in [0, 0.05) is 13.2 Å². The molecule has 0 saturated heterocycles. The van der Waals surface area contributed by atoms with Crippen molar-refractivity contribution in [2.75, 3.05) is 19.8 Å². The number of rotatable bonds is 6. The molecule has 12 heavy (non-hydrogen) atoms. The van der Waals surface area contributed by atoms with E-state index in [2.05, 4.69) is 6.92 Å². The number of hydrogen-bond acceptors (Lipinski definition) is 1. The van der Waals surface area contributed by atoms with Crippen LogP contribution in [0.1, 0.15) is 40.0 Å². The van der Waals surface area contributed by atoms with Crippen molar-refractivity contribution in [3.05, 3.63) is 5.73 Å². The first-order chi connectivity index (χ1) is 5.41. The van der Waals surface area contributed by atoms with Crippen molar-refractivity contribution < 1.29 is 62.9 Å². The molecular formula is C9H22NORb. The van der Waals surface area contributed by atoms with Gasteiger partial charge in [0.2, 0.25) is 0 Å². The van der Waals surface area contributed by atoms with Crippen molar-refractivity contribution in [2.24, 2.45) is 0 Å². The van der Waals surface area contributed by atoms with Gasteiger partial charge in [0.1, 0.15) is 0 Å². The predicted octanol–water partition coefficient (Wildman–Crippen LogP) is 0.276. The van der Waals surface area contributed by atoms with Gasteiger partial charge in [0.15, 0.2) is 0 Å².